The van der Waals surface area contributed by atoms with Crippen LogP contribution in [0.4, 0.5) is 0 Å². The summed E-state index contributed by atoms with van der Waals surface area (Å²) in [5, 5.41) is 0. The largest absolute Gasteiger partial charge is 0.468 e. The summed E-state index contributed by atoms with van der Waals surface area (Å²) >= 11 is 0. The summed E-state index contributed by atoms with van der Waals surface area (Å²) in [6, 6.07) is 4.93. The Morgan fingerprint density at radius 2 is 1.96 bits per heavy atom. The fraction of sp³-hybridized carbons (Fsp3) is 0.438. The topological polar surface area (TPSA) is 97.4 Å². The van der Waals surface area contributed by atoms with E-state index >= 15 is 0 Å². The van der Waals surface area contributed by atoms with Gasteiger partial charge in [0.15, 0.2) is 17.4 Å². The van der Waals surface area contributed by atoms with Gasteiger partial charge in [0, 0.05) is 0 Å². The third kappa shape index (κ3) is 2.64. The van der Waals surface area contributed by atoms with Crippen LogP contribution < -0.4 is 9.47 Å². The first-order valence-corrected chi connectivity index (χ1v) is 7.41. The van der Waals surface area contributed by atoms with E-state index in [1.807, 2.05) is 0 Å². The lowest BCUT2D eigenvalue weighted by Crippen LogP contribution is -2.32. The maximum atomic E-state index is 12.2. The SMILES string of the molecule is CCOC(=O)[C@@H]1OC(=O)[C@@H](C(=O)OC)[C@@H]1c1ccc2c(c1)OCO2. The van der Waals surface area contributed by atoms with E-state index in [1.165, 1.54) is 7.11 Å². The van der Waals surface area contributed by atoms with Crippen molar-refractivity contribution in [3.05, 3.63) is 23.8 Å². The molecule has 2 aliphatic rings. The van der Waals surface area contributed by atoms with Crippen LogP contribution in [0.5, 0.6) is 11.5 Å². The van der Waals surface area contributed by atoms with E-state index in [4.69, 9.17) is 18.9 Å². The standard InChI is InChI=1S/C16H16O8/c1-3-21-16(19)13-11(12(14(17)20-2)15(18)24-13)8-4-5-9-10(6-8)23-7-22-9/h4-6,11-13H,3,7H2,1-2H3/t11-,12+,13+/m0/s1. The maximum absolute atomic E-state index is 12.2. The number of carbonyl (C=O) groups excluding carboxylic acids is 3. The second kappa shape index (κ2) is 6.38. The molecule has 0 unspecified atom stereocenters. The molecule has 0 amide bonds. The monoisotopic (exact) mass is 336 g/mol. The van der Waals surface area contributed by atoms with Crippen LogP contribution in [0.3, 0.4) is 0 Å². The lowest BCUT2D eigenvalue weighted by Gasteiger charge is -2.19. The molecule has 24 heavy (non-hydrogen) atoms. The highest BCUT2D eigenvalue weighted by atomic mass is 16.7. The smallest absolute Gasteiger partial charge is 0.348 e. The van der Waals surface area contributed by atoms with Crippen molar-refractivity contribution in [1.29, 1.82) is 0 Å². The minimum atomic E-state index is -1.25. The number of benzene rings is 1. The highest BCUT2D eigenvalue weighted by molar-refractivity contribution is 6.00. The highest BCUT2D eigenvalue weighted by Gasteiger charge is 2.54. The summed E-state index contributed by atoms with van der Waals surface area (Å²) in [7, 11) is 1.17. The fourth-order valence-electron chi connectivity index (χ4n) is 2.87. The van der Waals surface area contributed by atoms with Crippen molar-refractivity contribution in [2.75, 3.05) is 20.5 Å². The number of hydrogen-bond acceptors (Lipinski definition) is 8. The Labute approximate surface area is 137 Å². The van der Waals surface area contributed by atoms with E-state index in [0.717, 1.165) is 0 Å². The Balaban J connectivity index is 2.01. The van der Waals surface area contributed by atoms with Gasteiger partial charge in [0.05, 0.1) is 19.6 Å². The molecule has 0 N–H and O–H groups in total. The van der Waals surface area contributed by atoms with Crippen molar-refractivity contribution >= 4 is 17.9 Å². The van der Waals surface area contributed by atoms with Crippen molar-refractivity contribution in [1.82, 2.24) is 0 Å². The molecule has 1 saturated heterocycles. The molecule has 0 bridgehead atoms. The van der Waals surface area contributed by atoms with Gasteiger partial charge in [-0.15, -0.1) is 0 Å². The average Bonchev–Trinajstić information content (AvgIpc) is 3.17. The number of carbonyl (C=O) groups is 3. The molecule has 2 heterocycles. The zero-order valence-corrected chi connectivity index (χ0v) is 13.1. The fourth-order valence-corrected chi connectivity index (χ4v) is 2.87. The minimum absolute atomic E-state index is 0.0839. The van der Waals surface area contributed by atoms with Gasteiger partial charge in [-0.1, -0.05) is 6.07 Å². The molecule has 0 radical (unpaired) electrons. The molecule has 0 saturated carbocycles. The Hall–Kier alpha value is -2.77. The Morgan fingerprint density at radius 1 is 1.21 bits per heavy atom. The third-order valence-electron chi connectivity index (χ3n) is 3.94. The van der Waals surface area contributed by atoms with Crippen LogP contribution in [-0.4, -0.2) is 44.5 Å². The molecule has 1 aromatic rings. The first-order chi connectivity index (χ1) is 11.6. The van der Waals surface area contributed by atoms with Gasteiger partial charge in [-0.2, -0.15) is 0 Å². The van der Waals surface area contributed by atoms with E-state index in [2.05, 4.69) is 4.74 Å². The number of cyclic esters (lactones) is 1. The van der Waals surface area contributed by atoms with Gasteiger partial charge in [0.25, 0.3) is 0 Å². The van der Waals surface area contributed by atoms with Crippen LogP contribution in [0.2, 0.25) is 0 Å². The quantitative estimate of drug-likeness (QED) is 0.452. The Bertz CT molecular complexity index is 683. The molecule has 3 rings (SSSR count). The Kier molecular flexibility index (Phi) is 4.28. The van der Waals surface area contributed by atoms with Crippen molar-refractivity contribution in [3.8, 4) is 11.5 Å². The normalized spacial score (nSPS) is 24.4. The van der Waals surface area contributed by atoms with Gasteiger partial charge in [-0.3, -0.25) is 9.59 Å². The molecule has 8 heteroatoms. The van der Waals surface area contributed by atoms with Gasteiger partial charge in [-0.25, -0.2) is 4.79 Å². The van der Waals surface area contributed by atoms with Crippen LogP contribution in [0.1, 0.15) is 18.4 Å². The lowest BCUT2D eigenvalue weighted by atomic mass is 9.84. The van der Waals surface area contributed by atoms with E-state index in [0.29, 0.717) is 17.1 Å². The van der Waals surface area contributed by atoms with Gasteiger partial charge in [0.1, 0.15) is 0 Å². The predicted molar refractivity (Wildman–Crippen MR) is 77.3 cm³/mol. The summed E-state index contributed by atoms with van der Waals surface area (Å²) in [4.78, 5) is 36.3. The third-order valence-corrected chi connectivity index (χ3v) is 3.94. The first-order valence-electron chi connectivity index (χ1n) is 7.41. The molecule has 1 aromatic carbocycles. The summed E-state index contributed by atoms with van der Waals surface area (Å²) in [6.07, 6.45) is -1.22. The summed E-state index contributed by atoms with van der Waals surface area (Å²) in [6.45, 7) is 1.85. The number of rotatable bonds is 4. The molecule has 3 atom stereocenters. The minimum Gasteiger partial charge on any atom is -0.468 e. The van der Waals surface area contributed by atoms with Crippen LogP contribution in [-0.2, 0) is 28.6 Å². The van der Waals surface area contributed by atoms with Gasteiger partial charge in [-0.05, 0) is 24.6 Å². The van der Waals surface area contributed by atoms with Crippen LogP contribution in [0.25, 0.3) is 0 Å². The lowest BCUT2D eigenvalue weighted by molar-refractivity contribution is -0.163. The van der Waals surface area contributed by atoms with E-state index in [9.17, 15) is 14.4 Å². The number of esters is 3. The molecule has 1 fully saturated rings. The van der Waals surface area contributed by atoms with Gasteiger partial charge >= 0.3 is 17.9 Å². The predicted octanol–water partition coefficient (Wildman–Crippen LogP) is 0.777. The second-order valence-corrected chi connectivity index (χ2v) is 5.25. The zero-order valence-electron chi connectivity index (χ0n) is 13.1. The molecule has 0 aliphatic carbocycles. The molecule has 0 aromatic heterocycles. The molecular weight excluding hydrogens is 320 g/mol. The van der Waals surface area contributed by atoms with Crippen molar-refractivity contribution in [3.63, 3.8) is 0 Å². The molecule has 0 spiro atoms. The van der Waals surface area contributed by atoms with Crippen molar-refractivity contribution in [2.45, 2.75) is 18.9 Å². The Morgan fingerprint density at radius 3 is 2.67 bits per heavy atom. The van der Waals surface area contributed by atoms with Crippen LogP contribution in [0, 0.1) is 5.92 Å². The van der Waals surface area contributed by atoms with E-state index in [1.54, 1.807) is 25.1 Å². The highest BCUT2D eigenvalue weighted by Crippen LogP contribution is 2.42. The zero-order chi connectivity index (χ0) is 17.3. The van der Waals surface area contributed by atoms with Gasteiger partial charge < -0.3 is 23.7 Å². The van der Waals surface area contributed by atoms with Crippen molar-refractivity contribution in [2.24, 2.45) is 5.92 Å². The summed E-state index contributed by atoms with van der Waals surface area (Å²) in [5.41, 5.74) is 0.526. The number of hydrogen-bond donors (Lipinski definition) is 0. The number of methoxy groups -OCH3 is 1. The summed E-state index contributed by atoms with van der Waals surface area (Å²) < 4.78 is 25.3. The summed E-state index contributed by atoms with van der Waals surface area (Å²) in [5.74, 6) is -3.38. The molecule has 128 valence electrons. The molecular formula is C16H16O8. The van der Waals surface area contributed by atoms with Crippen LogP contribution in [0.15, 0.2) is 18.2 Å². The maximum Gasteiger partial charge on any atom is 0.348 e. The second-order valence-electron chi connectivity index (χ2n) is 5.25. The van der Waals surface area contributed by atoms with Gasteiger partial charge in [0.2, 0.25) is 12.9 Å². The van der Waals surface area contributed by atoms with Crippen molar-refractivity contribution < 1.29 is 38.1 Å². The average molecular weight is 336 g/mol. The first kappa shape index (κ1) is 16.1. The van der Waals surface area contributed by atoms with E-state index in [-0.39, 0.29) is 13.4 Å². The molecule has 2 aliphatic heterocycles. The number of ether oxygens (including phenoxy) is 5. The molecule has 8 nitrogen and oxygen atoms in total. The van der Waals surface area contributed by atoms with E-state index < -0.39 is 35.8 Å². The number of fused-ring (bicyclic) bond motifs is 1. The van der Waals surface area contributed by atoms with Crippen LogP contribution >= 0.6 is 0 Å².